The highest BCUT2D eigenvalue weighted by Crippen LogP contribution is 2.32. The summed E-state index contributed by atoms with van der Waals surface area (Å²) in [4.78, 5) is 18.4. The summed E-state index contributed by atoms with van der Waals surface area (Å²) in [6, 6.07) is 0. The predicted octanol–water partition coefficient (Wildman–Crippen LogP) is 1.78. The second-order valence-electron chi connectivity index (χ2n) is 5.69. The topological polar surface area (TPSA) is 113 Å². The number of anilines is 2. The van der Waals surface area contributed by atoms with Gasteiger partial charge in [-0.15, -0.1) is 0 Å². The van der Waals surface area contributed by atoms with Crippen molar-refractivity contribution in [3.8, 4) is 0 Å². The van der Waals surface area contributed by atoms with Crippen LogP contribution >= 0.6 is 0 Å². The second kappa shape index (κ2) is 6.21. The molecule has 21 heavy (non-hydrogen) atoms. The van der Waals surface area contributed by atoms with Crippen molar-refractivity contribution in [3.05, 3.63) is 16.3 Å². The number of aromatic nitrogens is 2. The lowest BCUT2D eigenvalue weighted by atomic mass is 9.79. The second-order valence-corrected chi connectivity index (χ2v) is 5.69. The Kier molecular flexibility index (Phi) is 4.56. The molecule has 0 spiro atoms. The molecule has 0 aromatic carbocycles. The maximum atomic E-state index is 11.0. The molecule has 3 N–H and O–H groups in total. The molecule has 116 valence electrons. The zero-order valence-corrected chi connectivity index (χ0v) is 12.3. The van der Waals surface area contributed by atoms with Gasteiger partial charge in [0.25, 0.3) is 0 Å². The number of nitrogens with one attached hydrogen (secondary N) is 2. The van der Waals surface area contributed by atoms with E-state index in [1.807, 2.05) is 0 Å². The Hall–Kier alpha value is -1.96. The van der Waals surface area contributed by atoms with Crippen LogP contribution < -0.4 is 10.6 Å². The SMILES string of the molecule is CNc1ncc([N+](=O)[O-])c(NCC2(O)CCC(C)CC2)n1. The summed E-state index contributed by atoms with van der Waals surface area (Å²) in [5.41, 5.74) is -1.02. The van der Waals surface area contributed by atoms with Gasteiger partial charge >= 0.3 is 5.69 Å². The van der Waals surface area contributed by atoms with Crippen LogP contribution in [-0.4, -0.2) is 39.2 Å². The molecule has 1 aliphatic rings. The van der Waals surface area contributed by atoms with Gasteiger partial charge in [-0.2, -0.15) is 4.98 Å². The molecule has 1 fully saturated rings. The average Bonchev–Trinajstić information content (AvgIpc) is 2.48. The lowest BCUT2D eigenvalue weighted by Crippen LogP contribution is -2.40. The highest BCUT2D eigenvalue weighted by atomic mass is 16.6. The van der Waals surface area contributed by atoms with Crippen LogP contribution in [0, 0.1) is 16.0 Å². The summed E-state index contributed by atoms with van der Waals surface area (Å²) >= 11 is 0. The molecule has 1 saturated carbocycles. The summed E-state index contributed by atoms with van der Waals surface area (Å²) in [5, 5.41) is 27.2. The monoisotopic (exact) mass is 295 g/mol. The van der Waals surface area contributed by atoms with Gasteiger partial charge in [-0.1, -0.05) is 6.92 Å². The fourth-order valence-electron chi connectivity index (χ4n) is 2.48. The van der Waals surface area contributed by atoms with Crippen molar-refractivity contribution >= 4 is 17.5 Å². The van der Waals surface area contributed by atoms with Gasteiger partial charge in [-0.05, 0) is 31.6 Å². The minimum absolute atomic E-state index is 0.131. The van der Waals surface area contributed by atoms with Crippen LogP contribution in [0.15, 0.2) is 6.20 Å². The summed E-state index contributed by atoms with van der Waals surface area (Å²) in [6.45, 7) is 2.42. The highest BCUT2D eigenvalue weighted by Gasteiger charge is 2.32. The summed E-state index contributed by atoms with van der Waals surface area (Å²) < 4.78 is 0. The predicted molar refractivity (Wildman–Crippen MR) is 79.3 cm³/mol. The van der Waals surface area contributed by atoms with Gasteiger partial charge < -0.3 is 15.7 Å². The molecule has 8 nitrogen and oxygen atoms in total. The van der Waals surface area contributed by atoms with E-state index in [1.54, 1.807) is 7.05 Å². The van der Waals surface area contributed by atoms with Crippen LogP contribution in [0.5, 0.6) is 0 Å². The third-order valence-corrected chi connectivity index (χ3v) is 3.98. The van der Waals surface area contributed by atoms with Gasteiger partial charge in [0.2, 0.25) is 11.8 Å². The van der Waals surface area contributed by atoms with Gasteiger partial charge in [0.05, 0.1) is 10.5 Å². The van der Waals surface area contributed by atoms with Crippen molar-refractivity contribution in [2.75, 3.05) is 24.2 Å². The van der Waals surface area contributed by atoms with Crippen molar-refractivity contribution in [2.24, 2.45) is 5.92 Å². The average molecular weight is 295 g/mol. The molecule has 0 radical (unpaired) electrons. The Morgan fingerprint density at radius 2 is 2.19 bits per heavy atom. The zero-order valence-electron chi connectivity index (χ0n) is 12.3. The maximum Gasteiger partial charge on any atom is 0.329 e. The van der Waals surface area contributed by atoms with E-state index in [0.717, 1.165) is 19.0 Å². The van der Waals surface area contributed by atoms with Gasteiger partial charge in [-0.3, -0.25) is 10.1 Å². The van der Waals surface area contributed by atoms with E-state index in [0.29, 0.717) is 24.7 Å². The number of hydrogen-bond donors (Lipinski definition) is 3. The first-order chi connectivity index (χ1) is 9.93. The Balaban J connectivity index is 2.09. The Morgan fingerprint density at radius 3 is 2.76 bits per heavy atom. The molecule has 0 amide bonds. The van der Waals surface area contributed by atoms with Gasteiger partial charge in [0.15, 0.2) is 0 Å². The number of hydrogen-bond acceptors (Lipinski definition) is 7. The van der Waals surface area contributed by atoms with E-state index >= 15 is 0 Å². The van der Waals surface area contributed by atoms with E-state index in [-0.39, 0.29) is 18.1 Å². The minimum Gasteiger partial charge on any atom is -0.388 e. The van der Waals surface area contributed by atoms with Gasteiger partial charge in [0.1, 0.15) is 6.20 Å². The summed E-state index contributed by atoms with van der Waals surface area (Å²) in [6.07, 6.45) is 4.48. The van der Waals surface area contributed by atoms with Crippen LogP contribution in [0.3, 0.4) is 0 Å². The third kappa shape index (κ3) is 3.78. The molecular formula is C13H21N5O3. The molecule has 1 heterocycles. The Bertz CT molecular complexity index is 515. The van der Waals surface area contributed by atoms with Crippen molar-refractivity contribution in [2.45, 2.75) is 38.2 Å². The first kappa shape index (κ1) is 15.4. The Labute approximate surface area is 123 Å². The molecule has 0 atom stereocenters. The first-order valence-corrected chi connectivity index (χ1v) is 7.09. The van der Waals surface area contributed by atoms with E-state index in [4.69, 9.17) is 0 Å². The Morgan fingerprint density at radius 1 is 1.52 bits per heavy atom. The number of nitrogens with zero attached hydrogens (tertiary/aromatic N) is 3. The number of nitro groups is 1. The molecular weight excluding hydrogens is 274 g/mol. The normalized spacial score (nSPS) is 25.4. The van der Waals surface area contributed by atoms with E-state index < -0.39 is 10.5 Å². The standard InChI is InChI=1S/C13H21N5O3/c1-9-3-5-13(19,6-4-9)8-16-11-10(18(20)21)7-15-12(14-2)17-11/h7,9,19H,3-6,8H2,1-2H3,(H2,14,15,16,17). The molecule has 2 rings (SSSR count). The van der Waals surface area contributed by atoms with Crippen LogP contribution in [0.2, 0.25) is 0 Å². The molecule has 1 aromatic rings. The summed E-state index contributed by atoms with van der Waals surface area (Å²) in [5.74, 6) is 1.05. The molecule has 1 aromatic heterocycles. The fraction of sp³-hybridized carbons (Fsp3) is 0.692. The zero-order chi connectivity index (χ0) is 15.5. The molecule has 0 unspecified atom stereocenters. The van der Waals surface area contributed by atoms with Crippen LogP contribution in [0.25, 0.3) is 0 Å². The number of aliphatic hydroxyl groups is 1. The lowest BCUT2D eigenvalue weighted by Gasteiger charge is -2.35. The van der Waals surface area contributed by atoms with Crippen LogP contribution in [0.1, 0.15) is 32.6 Å². The molecule has 0 aliphatic heterocycles. The van der Waals surface area contributed by atoms with Crippen molar-refractivity contribution in [1.82, 2.24) is 9.97 Å². The minimum atomic E-state index is -0.828. The van der Waals surface area contributed by atoms with Crippen LogP contribution in [-0.2, 0) is 0 Å². The maximum absolute atomic E-state index is 11.0. The quantitative estimate of drug-likeness (QED) is 0.560. The third-order valence-electron chi connectivity index (χ3n) is 3.98. The highest BCUT2D eigenvalue weighted by molar-refractivity contribution is 5.57. The molecule has 1 aliphatic carbocycles. The van der Waals surface area contributed by atoms with Crippen molar-refractivity contribution in [3.63, 3.8) is 0 Å². The smallest absolute Gasteiger partial charge is 0.329 e. The van der Waals surface area contributed by atoms with E-state index in [1.165, 1.54) is 0 Å². The lowest BCUT2D eigenvalue weighted by molar-refractivity contribution is -0.384. The van der Waals surface area contributed by atoms with E-state index in [2.05, 4.69) is 27.5 Å². The van der Waals surface area contributed by atoms with Crippen LogP contribution in [0.4, 0.5) is 17.5 Å². The van der Waals surface area contributed by atoms with E-state index in [9.17, 15) is 15.2 Å². The van der Waals surface area contributed by atoms with Crippen molar-refractivity contribution < 1.29 is 10.0 Å². The fourth-order valence-corrected chi connectivity index (χ4v) is 2.48. The van der Waals surface area contributed by atoms with Gasteiger partial charge in [0, 0.05) is 13.6 Å². The van der Waals surface area contributed by atoms with Crippen molar-refractivity contribution in [1.29, 1.82) is 0 Å². The molecule has 0 bridgehead atoms. The number of rotatable bonds is 5. The first-order valence-electron chi connectivity index (χ1n) is 7.09. The molecule has 0 saturated heterocycles. The summed E-state index contributed by atoms with van der Waals surface area (Å²) in [7, 11) is 1.64. The molecule has 8 heteroatoms. The van der Waals surface area contributed by atoms with Gasteiger partial charge in [-0.25, -0.2) is 4.98 Å². The largest absolute Gasteiger partial charge is 0.388 e.